The van der Waals surface area contributed by atoms with E-state index in [1.54, 1.807) is 49.6 Å². The fourth-order valence-electron chi connectivity index (χ4n) is 2.03. The third kappa shape index (κ3) is 5.49. The number of methoxy groups -OCH3 is 1. The molecule has 26 heavy (non-hydrogen) atoms. The third-order valence-corrected chi connectivity index (χ3v) is 4.02. The van der Waals surface area contributed by atoms with Crippen molar-refractivity contribution in [2.45, 2.75) is 13.8 Å². The van der Waals surface area contributed by atoms with Crippen molar-refractivity contribution in [1.29, 1.82) is 0 Å². The molecule has 0 aliphatic rings. The molecule has 2 N–H and O–H groups in total. The Morgan fingerprint density at radius 1 is 1.00 bits per heavy atom. The van der Waals surface area contributed by atoms with Crippen LogP contribution in [0.1, 0.15) is 34.6 Å². The molecule has 0 heterocycles. The first kappa shape index (κ1) is 19.8. The van der Waals surface area contributed by atoms with Gasteiger partial charge in [0.05, 0.1) is 18.2 Å². The first-order valence-electron chi connectivity index (χ1n) is 8.07. The number of hydrazine groups is 1. The first-order valence-corrected chi connectivity index (χ1v) is 8.87. The fraction of sp³-hybridized carbons (Fsp3) is 0.263. The maximum absolute atomic E-state index is 12.1. The molecule has 2 rings (SSSR count). The zero-order valence-electron chi connectivity index (χ0n) is 14.8. The number of carbonyl (C=O) groups excluding carboxylic acids is 2. The average molecular weight is 421 g/mol. The van der Waals surface area contributed by atoms with E-state index in [0.717, 1.165) is 0 Å². The SMILES string of the molecule is COc1ccc(C(=O)NNC(=O)c2ccc(OCC(C)C)cc2)cc1Br. The molecule has 0 bridgehead atoms. The zero-order valence-corrected chi connectivity index (χ0v) is 16.4. The van der Waals surface area contributed by atoms with Gasteiger partial charge in [0.1, 0.15) is 11.5 Å². The number of rotatable bonds is 6. The molecule has 0 aliphatic carbocycles. The van der Waals surface area contributed by atoms with Gasteiger partial charge in [0.2, 0.25) is 0 Å². The van der Waals surface area contributed by atoms with E-state index in [9.17, 15) is 9.59 Å². The van der Waals surface area contributed by atoms with Crippen LogP contribution in [0.25, 0.3) is 0 Å². The Kier molecular flexibility index (Phi) is 7.03. The number of benzene rings is 2. The Balaban J connectivity index is 1.91. The van der Waals surface area contributed by atoms with Crippen molar-refractivity contribution >= 4 is 27.7 Å². The van der Waals surface area contributed by atoms with Gasteiger partial charge in [-0.15, -0.1) is 0 Å². The summed E-state index contributed by atoms with van der Waals surface area (Å²) in [7, 11) is 1.54. The van der Waals surface area contributed by atoms with Gasteiger partial charge in [0, 0.05) is 11.1 Å². The van der Waals surface area contributed by atoms with E-state index in [4.69, 9.17) is 9.47 Å². The molecule has 0 spiro atoms. The van der Waals surface area contributed by atoms with Gasteiger partial charge in [-0.1, -0.05) is 13.8 Å². The van der Waals surface area contributed by atoms with Crippen molar-refractivity contribution in [3.63, 3.8) is 0 Å². The van der Waals surface area contributed by atoms with Gasteiger partial charge in [0.15, 0.2) is 0 Å². The van der Waals surface area contributed by atoms with Gasteiger partial charge in [0.25, 0.3) is 11.8 Å². The Morgan fingerprint density at radius 3 is 2.12 bits per heavy atom. The van der Waals surface area contributed by atoms with E-state index in [2.05, 4.69) is 40.6 Å². The van der Waals surface area contributed by atoms with E-state index >= 15 is 0 Å². The molecular weight excluding hydrogens is 400 g/mol. The van der Waals surface area contributed by atoms with Crippen LogP contribution in [0.3, 0.4) is 0 Å². The quantitative estimate of drug-likeness (QED) is 0.700. The lowest BCUT2D eigenvalue weighted by Crippen LogP contribution is -2.41. The van der Waals surface area contributed by atoms with E-state index < -0.39 is 11.8 Å². The van der Waals surface area contributed by atoms with Crippen molar-refractivity contribution in [1.82, 2.24) is 10.9 Å². The summed E-state index contributed by atoms with van der Waals surface area (Å²) < 4.78 is 11.3. The molecular formula is C19H21BrN2O4. The number of carbonyl (C=O) groups is 2. The standard InChI is InChI=1S/C19H21BrN2O4/c1-12(2)11-26-15-7-4-13(5-8-15)18(23)21-22-19(24)14-6-9-17(25-3)16(20)10-14/h4-10,12H,11H2,1-3H3,(H,21,23)(H,22,24). The highest BCUT2D eigenvalue weighted by Crippen LogP contribution is 2.25. The first-order chi connectivity index (χ1) is 12.4. The molecule has 0 saturated carbocycles. The van der Waals surface area contributed by atoms with E-state index in [-0.39, 0.29) is 0 Å². The number of hydrogen-bond acceptors (Lipinski definition) is 4. The summed E-state index contributed by atoms with van der Waals surface area (Å²) in [5.41, 5.74) is 5.57. The highest BCUT2D eigenvalue weighted by Gasteiger charge is 2.11. The summed E-state index contributed by atoms with van der Waals surface area (Å²) in [6.45, 7) is 4.73. The summed E-state index contributed by atoms with van der Waals surface area (Å²) in [5, 5.41) is 0. The van der Waals surface area contributed by atoms with Gasteiger partial charge in [-0.2, -0.15) is 0 Å². The average Bonchev–Trinajstić information content (AvgIpc) is 2.64. The van der Waals surface area contributed by atoms with Gasteiger partial charge < -0.3 is 9.47 Å². The fourth-order valence-corrected chi connectivity index (χ4v) is 2.57. The van der Waals surface area contributed by atoms with Crippen molar-refractivity contribution < 1.29 is 19.1 Å². The smallest absolute Gasteiger partial charge is 0.269 e. The predicted molar refractivity (Wildman–Crippen MR) is 102 cm³/mol. The van der Waals surface area contributed by atoms with Gasteiger partial charge in [-0.25, -0.2) is 0 Å². The van der Waals surface area contributed by atoms with E-state index in [1.807, 2.05) is 0 Å². The maximum Gasteiger partial charge on any atom is 0.269 e. The van der Waals surface area contributed by atoms with Crippen LogP contribution >= 0.6 is 15.9 Å². The molecule has 0 radical (unpaired) electrons. The number of nitrogens with one attached hydrogen (secondary N) is 2. The van der Waals surface area contributed by atoms with Gasteiger partial charge in [-0.3, -0.25) is 20.4 Å². The predicted octanol–water partition coefficient (Wildman–Crippen LogP) is 3.57. The summed E-state index contributed by atoms with van der Waals surface area (Å²) in [5.74, 6) is 0.888. The Bertz CT molecular complexity index is 776. The largest absolute Gasteiger partial charge is 0.496 e. The van der Waals surface area contributed by atoms with E-state index in [0.29, 0.717) is 39.6 Å². The summed E-state index contributed by atoms with van der Waals surface area (Å²) in [4.78, 5) is 24.3. The normalized spacial score (nSPS) is 10.3. The minimum atomic E-state index is -0.432. The van der Waals surface area contributed by atoms with Crippen LogP contribution < -0.4 is 20.3 Å². The van der Waals surface area contributed by atoms with Crippen molar-refractivity contribution in [2.24, 2.45) is 5.92 Å². The van der Waals surface area contributed by atoms with Crippen LogP contribution in [0.2, 0.25) is 0 Å². The summed E-state index contributed by atoms with van der Waals surface area (Å²) in [6.07, 6.45) is 0. The molecule has 0 aromatic heterocycles. The maximum atomic E-state index is 12.1. The van der Waals surface area contributed by atoms with E-state index in [1.165, 1.54) is 0 Å². The molecule has 2 aromatic carbocycles. The third-order valence-electron chi connectivity index (χ3n) is 3.40. The lowest BCUT2D eigenvalue weighted by Gasteiger charge is -2.10. The lowest BCUT2D eigenvalue weighted by molar-refractivity contribution is 0.0846. The molecule has 0 unspecified atom stereocenters. The highest BCUT2D eigenvalue weighted by molar-refractivity contribution is 9.10. The zero-order chi connectivity index (χ0) is 19.1. The van der Waals surface area contributed by atoms with Crippen LogP contribution in [0.15, 0.2) is 46.9 Å². The van der Waals surface area contributed by atoms with Crippen LogP contribution in [-0.2, 0) is 0 Å². The molecule has 6 nitrogen and oxygen atoms in total. The lowest BCUT2D eigenvalue weighted by atomic mass is 10.2. The molecule has 0 fully saturated rings. The molecule has 0 saturated heterocycles. The van der Waals surface area contributed by atoms with Crippen LogP contribution in [0.4, 0.5) is 0 Å². The summed E-state index contributed by atoms with van der Waals surface area (Å²) >= 11 is 3.32. The second-order valence-corrected chi connectivity index (χ2v) is 6.84. The topological polar surface area (TPSA) is 76.7 Å². The number of hydrogen-bond donors (Lipinski definition) is 2. The van der Waals surface area contributed by atoms with Gasteiger partial charge >= 0.3 is 0 Å². The molecule has 0 aliphatic heterocycles. The molecule has 2 aromatic rings. The molecule has 138 valence electrons. The minimum absolute atomic E-state index is 0.385. The second-order valence-electron chi connectivity index (χ2n) is 5.99. The van der Waals surface area contributed by atoms with Crippen LogP contribution in [0, 0.1) is 5.92 Å². The number of halogens is 1. The second kappa shape index (κ2) is 9.24. The van der Waals surface area contributed by atoms with Crippen LogP contribution in [0.5, 0.6) is 11.5 Å². The highest BCUT2D eigenvalue weighted by atomic mass is 79.9. The Hall–Kier alpha value is -2.54. The summed E-state index contributed by atoms with van der Waals surface area (Å²) in [6, 6.07) is 11.6. The Labute approximate surface area is 161 Å². The monoisotopic (exact) mass is 420 g/mol. The van der Waals surface area contributed by atoms with Crippen molar-refractivity contribution in [2.75, 3.05) is 13.7 Å². The molecule has 0 atom stereocenters. The van der Waals surface area contributed by atoms with Crippen molar-refractivity contribution in [3.05, 3.63) is 58.1 Å². The van der Waals surface area contributed by atoms with Crippen LogP contribution in [-0.4, -0.2) is 25.5 Å². The minimum Gasteiger partial charge on any atom is -0.496 e. The van der Waals surface area contributed by atoms with Crippen molar-refractivity contribution in [3.8, 4) is 11.5 Å². The molecule has 2 amide bonds. The number of amides is 2. The van der Waals surface area contributed by atoms with Gasteiger partial charge in [-0.05, 0) is 64.3 Å². The molecule has 7 heteroatoms. The Morgan fingerprint density at radius 2 is 1.58 bits per heavy atom. The number of ether oxygens (including phenoxy) is 2.